The Morgan fingerprint density at radius 2 is 1.96 bits per heavy atom. The lowest BCUT2D eigenvalue weighted by molar-refractivity contribution is 0.102. The summed E-state index contributed by atoms with van der Waals surface area (Å²) >= 11 is 6.11. The van der Waals surface area contributed by atoms with E-state index in [2.05, 4.69) is 10.3 Å². The van der Waals surface area contributed by atoms with Crippen LogP contribution in [-0.2, 0) is 6.54 Å². The van der Waals surface area contributed by atoms with Crippen LogP contribution in [0.25, 0.3) is 5.65 Å². The molecule has 23 heavy (non-hydrogen) atoms. The van der Waals surface area contributed by atoms with Crippen molar-refractivity contribution in [2.45, 2.75) is 6.54 Å². The molecule has 0 fully saturated rings. The number of nitrogens with one attached hydrogen (secondary N) is 1. The van der Waals surface area contributed by atoms with Gasteiger partial charge in [0.1, 0.15) is 5.65 Å². The number of aromatic nitrogens is 2. The normalized spacial score (nSPS) is 11.1. The first-order chi connectivity index (χ1) is 11.1. The minimum Gasteiger partial charge on any atom is -0.319 e. The number of para-hydroxylation sites is 1. The molecule has 0 bridgehead atoms. The van der Waals surface area contributed by atoms with Gasteiger partial charge in [0.05, 0.1) is 16.4 Å². The van der Waals surface area contributed by atoms with Gasteiger partial charge in [-0.25, -0.2) is 4.98 Å². The van der Waals surface area contributed by atoms with Crippen LogP contribution < -0.4 is 5.32 Å². The standard InChI is InChI=1S/C17H17ClN4O/c1-21(2)11-14-16(20-15-9-5-6-10-22(14)15)17(23)19-13-8-4-3-7-12(13)18/h3-10H,11H2,1-2H3,(H,19,23). The monoisotopic (exact) mass is 328 g/mol. The molecule has 0 atom stereocenters. The highest BCUT2D eigenvalue weighted by Gasteiger charge is 2.19. The van der Waals surface area contributed by atoms with E-state index in [1.165, 1.54) is 0 Å². The number of nitrogens with zero attached hydrogens (tertiary/aromatic N) is 3. The molecule has 1 N–H and O–H groups in total. The number of hydrogen-bond acceptors (Lipinski definition) is 3. The van der Waals surface area contributed by atoms with Crippen LogP contribution in [-0.4, -0.2) is 34.3 Å². The van der Waals surface area contributed by atoms with Crippen molar-refractivity contribution in [2.75, 3.05) is 19.4 Å². The van der Waals surface area contributed by atoms with Crippen molar-refractivity contribution in [3.05, 3.63) is 65.1 Å². The number of carbonyl (C=O) groups excluding carboxylic acids is 1. The second-order valence-corrected chi connectivity index (χ2v) is 5.91. The Hall–Kier alpha value is -2.37. The fourth-order valence-electron chi connectivity index (χ4n) is 2.42. The number of carbonyl (C=O) groups is 1. The van der Waals surface area contributed by atoms with Crippen LogP contribution in [0.3, 0.4) is 0 Å². The highest BCUT2D eigenvalue weighted by atomic mass is 35.5. The van der Waals surface area contributed by atoms with Gasteiger partial charge in [-0.1, -0.05) is 29.8 Å². The van der Waals surface area contributed by atoms with Gasteiger partial charge in [-0.15, -0.1) is 0 Å². The molecule has 0 aliphatic carbocycles. The largest absolute Gasteiger partial charge is 0.319 e. The molecule has 2 aromatic heterocycles. The molecular formula is C17H17ClN4O. The molecule has 3 aromatic rings. The third-order valence-corrected chi connectivity index (χ3v) is 3.76. The second kappa shape index (κ2) is 6.40. The van der Waals surface area contributed by atoms with Crippen LogP contribution in [0, 0.1) is 0 Å². The number of hydrogen-bond donors (Lipinski definition) is 1. The Bertz CT molecular complexity index is 857. The fraction of sp³-hybridized carbons (Fsp3) is 0.176. The number of halogens is 1. The molecular weight excluding hydrogens is 312 g/mol. The summed E-state index contributed by atoms with van der Waals surface area (Å²) < 4.78 is 1.93. The average molecular weight is 329 g/mol. The molecule has 0 radical (unpaired) electrons. The Labute approximate surface area is 139 Å². The number of rotatable bonds is 4. The van der Waals surface area contributed by atoms with Gasteiger partial charge < -0.3 is 14.6 Å². The zero-order chi connectivity index (χ0) is 16.4. The van der Waals surface area contributed by atoms with Gasteiger partial charge in [-0.2, -0.15) is 0 Å². The lowest BCUT2D eigenvalue weighted by Crippen LogP contribution is -2.19. The molecule has 6 heteroatoms. The Morgan fingerprint density at radius 3 is 2.70 bits per heavy atom. The maximum atomic E-state index is 12.7. The maximum absolute atomic E-state index is 12.7. The summed E-state index contributed by atoms with van der Waals surface area (Å²) in [5, 5.41) is 3.33. The van der Waals surface area contributed by atoms with Crippen molar-refractivity contribution in [2.24, 2.45) is 0 Å². The summed E-state index contributed by atoms with van der Waals surface area (Å²) in [5.74, 6) is -0.265. The zero-order valence-electron chi connectivity index (χ0n) is 13.0. The SMILES string of the molecule is CN(C)Cc1c(C(=O)Nc2ccccc2Cl)nc2ccccn12. The van der Waals surface area contributed by atoms with Gasteiger partial charge >= 0.3 is 0 Å². The molecule has 3 rings (SSSR count). The van der Waals surface area contributed by atoms with Gasteiger partial charge in [0.2, 0.25) is 0 Å². The van der Waals surface area contributed by atoms with Crippen LogP contribution in [0.1, 0.15) is 16.2 Å². The third-order valence-electron chi connectivity index (χ3n) is 3.43. The average Bonchev–Trinajstić information content (AvgIpc) is 2.88. The van der Waals surface area contributed by atoms with E-state index < -0.39 is 0 Å². The Morgan fingerprint density at radius 1 is 1.22 bits per heavy atom. The van der Waals surface area contributed by atoms with Crippen molar-refractivity contribution >= 4 is 28.8 Å². The first-order valence-electron chi connectivity index (χ1n) is 7.23. The molecule has 118 valence electrons. The summed E-state index contributed by atoms with van der Waals surface area (Å²) in [5.41, 5.74) is 2.57. The van der Waals surface area contributed by atoms with E-state index in [4.69, 9.17) is 11.6 Å². The quantitative estimate of drug-likeness (QED) is 0.799. The first-order valence-corrected chi connectivity index (χ1v) is 7.60. The number of pyridine rings is 1. The predicted octanol–water partition coefficient (Wildman–Crippen LogP) is 3.30. The highest BCUT2D eigenvalue weighted by Crippen LogP contribution is 2.22. The smallest absolute Gasteiger partial charge is 0.276 e. The summed E-state index contributed by atoms with van der Waals surface area (Å²) in [4.78, 5) is 19.1. The molecule has 0 aliphatic heterocycles. The predicted molar refractivity (Wildman–Crippen MR) is 92.0 cm³/mol. The zero-order valence-corrected chi connectivity index (χ0v) is 13.7. The molecule has 0 aliphatic rings. The molecule has 0 saturated carbocycles. The number of amides is 1. The molecule has 1 aromatic carbocycles. The van der Waals surface area contributed by atoms with E-state index in [1.54, 1.807) is 12.1 Å². The van der Waals surface area contributed by atoms with E-state index in [1.807, 2.05) is 59.9 Å². The molecule has 0 saturated heterocycles. The van der Waals surface area contributed by atoms with Crippen molar-refractivity contribution in [1.82, 2.24) is 14.3 Å². The summed E-state index contributed by atoms with van der Waals surface area (Å²) in [6, 6.07) is 12.8. The first kappa shape index (κ1) is 15.5. The number of benzene rings is 1. The van der Waals surface area contributed by atoms with Crippen LogP contribution in [0.4, 0.5) is 5.69 Å². The van der Waals surface area contributed by atoms with E-state index in [-0.39, 0.29) is 5.91 Å². The summed E-state index contributed by atoms with van der Waals surface area (Å²) in [6.07, 6.45) is 1.91. The van der Waals surface area contributed by atoms with E-state index in [0.717, 1.165) is 11.3 Å². The number of anilines is 1. The van der Waals surface area contributed by atoms with Crippen LogP contribution >= 0.6 is 11.6 Å². The second-order valence-electron chi connectivity index (χ2n) is 5.51. The Balaban J connectivity index is 2.01. The van der Waals surface area contributed by atoms with E-state index in [9.17, 15) is 4.79 Å². The van der Waals surface area contributed by atoms with E-state index >= 15 is 0 Å². The Kier molecular flexibility index (Phi) is 4.32. The fourth-order valence-corrected chi connectivity index (χ4v) is 2.61. The number of imidazole rings is 1. The molecule has 1 amide bonds. The van der Waals surface area contributed by atoms with E-state index in [0.29, 0.717) is 22.9 Å². The van der Waals surface area contributed by atoms with Crippen molar-refractivity contribution in [3.8, 4) is 0 Å². The molecule has 0 spiro atoms. The van der Waals surface area contributed by atoms with Gasteiger partial charge in [-0.3, -0.25) is 4.79 Å². The van der Waals surface area contributed by atoms with Gasteiger partial charge in [-0.05, 0) is 38.4 Å². The topological polar surface area (TPSA) is 49.6 Å². The lowest BCUT2D eigenvalue weighted by Gasteiger charge is -2.11. The minimum absolute atomic E-state index is 0.265. The van der Waals surface area contributed by atoms with Crippen molar-refractivity contribution < 1.29 is 4.79 Å². The lowest BCUT2D eigenvalue weighted by atomic mass is 10.2. The number of fused-ring (bicyclic) bond motifs is 1. The summed E-state index contributed by atoms with van der Waals surface area (Å²) in [7, 11) is 3.91. The van der Waals surface area contributed by atoms with Crippen LogP contribution in [0.2, 0.25) is 5.02 Å². The van der Waals surface area contributed by atoms with Gasteiger partial charge in [0.15, 0.2) is 5.69 Å². The highest BCUT2D eigenvalue weighted by molar-refractivity contribution is 6.33. The van der Waals surface area contributed by atoms with Crippen molar-refractivity contribution in [1.29, 1.82) is 0 Å². The van der Waals surface area contributed by atoms with Crippen molar-refractivity contribution in [3.63, 3.8) is 0 Å². The summed E-state index contributed by atoms with van der Waals surface area (Å²) in [6.45, 7) is 0.608. The third kappa shape index (κ3) is 3.21. The maximum Gasteiger partial charge on any atom is 0.276 e. The van der Waals surface area contributed by atoms with Gasteiger partial charge in [0.25, 0.3) is 5.91 Å². The molecule has 2 heterocycles. The van der Waals surface area contributed by atoms with Crippen LogP contribution in [0.15, 0.2) is 48.7 Å². The minimum atomic E-state index is -0.265. The van der Waals surface area contributed by atoms with Crippen LogP contribution in [0.5, 0.6) is 0 Å². The molecule has 0 unspecified atom stereocenters. The van der Waals surface area contributed by atoms with Gasteiger partial charge in [0, 0.05) is 12.7 Å². The molecule has 5 nitrogen and oxygen atoms in total.